The molecule has 1 aromatic heterocycles. The van der Waals surface area contributed by atoms with Crippen LogP contribution in [-0.4, -0.2) is 89.0 Å². The van der Waals surface area contributed by atoms with Crippen molar-refractivity contribution in [2.24, 2.45) is 0 Å². The average Bonchev–Trinajstić information content (AvgIpc) is 3.22. The summed E-state index contributed by atoms with van der Waals surface area (Å²) < 4.78 is 26.4. The summed E-state index contributed by atoms with van der Waals surface area (Å²) in [4.78, 5) is 15.5. The maximum absolute atomic E-state index is 13.2. The molecule has 2 aliphatic heterocycles. The van der Waals surface area contributed by atoms with E-state index in [0.29, 0.717) is 12.2 Å². The van der Waals surface area contributed by atoms with Crippen LogP contribution in [0.5, 0.6) is 0 Å². The van der Waals surface area contributed by atoms with Crippen molar-refractivity contribution in [2.45, 2.75) is 69.8 Å². The Bertz CT molecular complexity index is 1100. The number of hydrogen-bond acceptors (Lipinski definition) is 6. The highest BCUT2D eigenvalue weighted by Gasteiger charge is 2.42. The minimum Gasteiger partial charge on any atom is -0.390 e. The van der Waals surface area contributed by atoms with Gasteiger partial charge >= 0.3 is 0 Å². The van der Waals surface area contributed by atoms with Gasteiger partial charge in [-0.05, 0) is 45.6 Å². The first kappa shape index (κ1) is 24.1. The molecular weight excluding hydrogens is 442 g/mol. The monoisotopic (exact) mass is 477 g/mol. The van der Waals surface area contributed by atoms with E-state index in [1.165, 1.54) is 11.4 Å². The van der Waals surface area contributed by atoms with Crippen molar-refractivity contribution < 1.29 is 18.3 Å². The van der Waals surface area contributed by atoms with Crippen LogP contribution in [0.25, 0.3) is 10.9 Å². The SMILES string of the molecule is CC(C)n1nc(C(=O)NC2C[C@H]3CC[C@@H](C2)N3CC(O)CN(C)S(C)(=O)=O)c2ccccc21. The number of nitrogens with zero attached hydrogens (tertiary/aromatic N) is 4. The van der Waals surface area contributed by atoms with Crippen molar-refractivity contribution >= 4 is 26.8 Å². The summed E-state index contributed by atoms with van der Waals surface area (Å²) in [6.45, 7) is 4.63. The summed E-state index contributed by atoms with van der Waals surface area (Å²) >= 11 is 0. The first-order valence-electron chi connectivity index (χ1n) is 11.7. The van der Waals surface area contributed by atoms with E-state index >= 15 is 0 Å². The highest BCUT2D eigenvalue weighted by molar-refractivity contribution is 7.88. The van der Waals surface area contributed by atoms with E-state index in [1.807, 2.05) is 28.9 Å². The number of benzene rings is 1. The number of aliphatic hydroxyl groups excluding tert-OH is 1. The Morgan fingerprint density at radius 3 is 2.48 bits per heavy atom. The molecule has 182 valence electrons. The summed E-state index contributed by atoms with van der Waals surface area (Å²) in [6.07, 6.45) is 4.09. The van der Waals surface area contributed by atoms with Crippen molar-refractivity contribution in [3.63, 3.8) is 0 Å². The number of nitrogens with one attached hydrogen (secondary N) is 1. The van der Waals surface area contributed by atoms with Gasteiger partial charge in [-0.3, -0.25) is 14.4 Å². The Balaban J connectivity index is 1.40. The quantitative estimate of drug-likeness (QED) is 0.598. The fraction of sp³-hybridized carbons (Fsp3) is 0.652. The molecule has 2 aliphatic rings. The molecule has 2 N–H and O–H groups in total. The lowest BCUT2D eigenvalue weighted by Crippen LogP contribution is -2.53. The number of aliphatic hydroxyl groups is 1. The first-order chi connectivity index (χ1) is 15.5. The van der Waals surface area contributed by atoms with Gasteiger partial charge in [0.2, 0.25) is 10.0 Å². The van der Waals surface area contributed by atoms with Gasteiger partial charge in [0.25, 0.3) is 5.91 Å². The normalized spacial score (nSPS) is 24.6. The van der Waals surface area contributed by atoms with Crippen LogP contribution in [0.4, 0.5) is 0 Å². The summed E-state index contributed by atoms with van der Waals surface area (Å²) in [7, 11) is -1.83. The maximum Gasteiger partial charge on any atom is 0.272 e. The van der Waals surface area contributed by atoms with Crippen LogP contribution in [0.2, 0.25) is 0 Å². The van der Waals surface area contributed by atoms with Gasteiger partial charge in [-0.2, -0.15) is 5.10 Å². The van der Waals surface area contributed by atoms with Crippen LogP contribution in [-0.2, 0) is 10.0 Å². The van der Waals surface area contributed by atoms with Gasteiger partial charge in [-0.1, -0.05) is 18.2 Å². The van der Waals surface area contributed by atoms with E-state index in [2.05, 4.69) is 29.2 Å². The second-order valence-electron chi connectivity index (χ2n) is 9.82. The third-order valence-corrected chi connectivity index (χ3v) is 8.27. The molecule has 4 rings (SSSR count). The lowest BCUT2D eigenvalue weighted by molar-refractivity contribution is 0.0448. The molecule has 33 heavy (non-hydrogen) atoms. The number of carbonyl (C=O) groups is 1. The topological polar surface area (TPSA) is 108 Å². The Hall–Kier alpha value is -2.01. The number of carbonyl (C=O) groups excluding carboxylic acids is 1. The second-order valence-corrected chi connectivity index (χ2v) is 11.9. The highest BCUT2D eigenvalue weighted by Crippen LogP contribution is 2.36. The zero-order valence-corrected chi connectivity index (χ0v) is 20.6. The Morgan fingerprint density at radius 2 is 1.88 bits per heavy atom. The number of aromatic nitrogens is 2. The van der Waals surface area contributed by atoms with Gasteiger partial charge in [0.1, 0.15) is 0 Å². The number of hydrogen-bond donors (Lipinski definition) is 2. The first-order valence-corrected chi connectivity index (χ1v) is 13.5. The molecule has 2 fully saturated rings. The van der Waals surface area contributed by atoms with E-state index < -0.39 is 16.1 Å². The number of sulfonamides is 1. The van der Waals surface area contributed by atoms with Gasteiger partial charge in [-0.15, -0.1) is 0 Å². The Morgan fingerprint density at radius 1 is 1.24 bits per heavy atom. The molecule has 0 radical (unpaired) electrons. The largest absolute Gasteiger partial charge is 0.390 e. The molecule has 9 nitrogen and oxygen atoms in total. The van der Waals surface area contributed by atoms with Crippen molar-refractivity contribution in [3.8, 4) is 0 Å². The van der Waals surface area contributed by atoms with Gasteiger partial charge in [0.15, 0.2) is 5.69 Å². The number of piperidine rings is 1. The minimum atomic E-state index is -3.32. The van der Waals surface area contributed by atoms with Gasteiger partial charge in [0, 0.05) is 49.7 Å². The summed E-state index contributed by atoms with van der Waals surface area (Å²) in [5, 5.41) is 19.2. The molecule has 4 atom stereocenters. The molecule has 2 bridgehead atoms. The molecular formula is C23H35N5O4S. The molecule has 2 aromatic rings. The molecule has 2 saturated heterocycles. The molecule has 2 unspecified atom stereocenters. The predicted octanol–water partition coefficient (Wildman–Crippen LogP) is 1.59. The Labute approximate surface area is 195 Å². The molecule has 0 spiro atoms. The molecule has 1 aromatic carbocycles. The fourth-order valence-corrected chi connectivity index (χ4v) is 5.77. The van der Waals surface area contributed by atoms with Crippen LogP contribution >= 0.6 is 0 Å². The lowest BCUT2D eigenvalue weighted by Gasteiger charge is -2.40. The van der Waals surface area contributed by atoms with E-state index in [9.17, 15) is 18.3 Å². The number of rotatable bonds is 8. The van der Waals surface area contributed by atoms with E-state index in [1.54, 1.807) is 0 Å². The van der Waals surface area contributed by atoms with Crippen molar-refractivity contribution in [2.75, 3.05) is 26.4 Å². The minimum absolute atomic E-state index is 0.0602. The molecule has 0 aliphatic carbocycles. The molecule has 0 saturated carbocycles. The number of fused-ring (bicyclic) bond motifs is 3. The second kappa shape index (κ2) is 9.32. The lowest BCUT2D eigenvalue weighted by atomic mass is 9.96. The van der Waals surface area contributed by atoms with Gasteiger partial charge in [-0.25, -0.2) is 12.7 Å². The van der Waals surface area contributed by atoms with Crippen molar-refractivity contribution in [1.29, 1.82) is 0 Å². The van der Waals surface area contributed by atoms with Crippen LogP contribution in [0.1, 0.15) is 56.1 Å². The maximum atomic E-state index is 13.2. The fourth-order valence-electron chi connectivity index (χ4n) is 5.33. The highest BCUT2D eigenvalue weighted by atomic mass is 32.2. The predicted molar refractivity (Wildman–Crippen MR) is 128 cm³/mol. The molecule has 1 amide bonds. The van der Waals surface area contributed by atoms with Gasteiger partial charge in [0.05, 0.1) is 17.9 Å². The van der Waals surface area contributed by atoms with E-state index in [-0.39, 0.29) is 36.6 Å². The standard InChI is InChI=1S/C23H35N5O4S/c1-15(2)28-21-8-6-5-7-20(21)22(25-28)23(30)24-16-11-17-9-10-18(12-16)27(17)14-19(29)13-26(3)33(4,31)32/h5-8,15-19,29H,9-14H2,1-4H3,(H,24,30)/t16?,17-,18+,19?. The third-order valence-electron chi connectivity index (χ3n) is 6.99. The third kappa shape index (κ3) is 5.08. The van der Waals surface area contributed by atoms with Crippen LogP contribution < -0.4 is 5.32 Å². The summed E-state index contributed by atoms with van der Waals surface area (Å²) in [6, 6.07) is 8.58. The average molecular weight is 478 g/mol. The van der Waals surface area contributed by atoms with E-state index in [4.69, 9.17) is 0 Å². The number of amides is 1. The molecule has 10 heteroatoms. The van der Waals surface area contributed by atoms with Gasteiger partial charge < -0.3 is 10.4 Å². The zero-order valence-electron chi connectivity index (χ0n) is 19.8. The van der Waals surface area contributed by atoms with Crippen LogP contribution in [0, 0.1) is 0 Å². The number of para-hydroxylation sites is 1. The Kier molecular flexibility index (Phi) is 6.82. The van der Waals surface area contributed by atoms with Crippen LogP contribution in [0.3, 0.4) is 0 Å². The number of likely N-dealkylation sites (N-methyl/N-ethyl adjacent to an activating group) is 1. The smallest absolute Gasteiger partial charge is 0.272 e. The zero-order chi connectivity index (χ0) is 23.9. The van der Waals surface area contributed by atoms with Crippen molar-refractivity contribution in [1.82, 2.24) is 24.3 Å². The summed E-state index contributed by atoms with van der Waals surface area (Å²) in [5.74, 6) is -0.140. The van der Waals surface area contributed by atoms with Crippen molar-refractivity contribution in [3.05, 3.63) is 30.0 Å². The molecule has 3 heterocycles. The van der Waals surface area contributed by atoms with Crippen LogP contribution in [0.15, 0.2) is 24.3 Å². The summed E-state index contributed by atoms with van der Waals surface area (Å²) in [5.41, 5.74) is 1.42. The van der Waals surface area contributed by atoms with E-state index in [0.717, 1.165) is 42.8 Å².